The molecule has 2 aromatic rings. The van der Waals surface area contributed by atoms with E-state index in [1.54, 1.807) is 18.4 Å². The van der Waals surface area contributed by atoms with Crippen LogP contribution in [0.2, 0.25) is 5.02 Å². The summed E-state index contributed by atoms with van der Waals surface area (Å²) < 4.78 is 0. The van der Waals surface area contributed by atoms with Crippen molar-refractivity contribution in [3.8, 4) is 0 Å². The van der Waals surface area contributed by atoms with Crippen molar-refractivity contribution < 1.29 is 9.72 Å². The van der Waals surface area contributed by atoms with Crippen molar-refractivity contribution in [3.63, 3.8) is 0 Å². The van der Waals surface area contributed by atoms with E-state index in [1.165, 1.54) is 36.0 Å². The van der Waals surface area contributed by atoms with Crippen LogP contribution in [-0.4, -0.2) is 28.5 Å². The second kappa shape index (κ2) is 10.7. The van der Waals surface area contributed by atoms with Crippen LogP contribution >= 0.6 is 51.8 Å². The Morgan fingerprint density at radius 3 is 2.79 bits per heavy atom. The van der Waals surface area contributed by atoms with Crippen LogP contribution in [0.5, 0.6) is 0 Å². The Hall–Kier alpha value is -1.75. The van der Waals surface area contributed by atoms with E-state index in [0.29, 0.717) is 17.6 Å². The maximum absolute atomic E-state index is 12.4. The second-order valence-electron chi connectivity index (χ2n) is 5.11. The van der Waals surface area contributed by atoms with Gasteiger partial charge in [-0.15, -0.1) is 0 Å². The van der Waals surface area contributed by atoms with E-state index < -0.39 is 10.8 Å². The van der Waals surface area contributed by atoms with Gasteiger partial charge in [0.15, 0.2) is 5.17 Å². The third-order valence-electron chi connectivity index (χ3n) is 3.44. The summed E-state index contributed by atoms with van der Waals surface area (Å²) in [5.41, 5.74) is 1.58. The fourth-order valence-electron chi connectivity index (χ4n) is 2.13. The summed E-state index contributed by atoms with van der Waals surface area (Å²) in [5, 5.41) is 24.8. The van der Waals surface area contributed by atoms with Crippen LogP contribution in [-0.2, 0) is 0 Å². The van der Waals surface area contributed by atoms with Crippen LogP contribution in [0.15, 0.2) is 41.4 Å². The Morgan fingerprint density at radius 1 is 1.43 bits per heavy atom. The second-order valence-corrected chi connectivity index (χ2v) is 8.34. The first-order valence-electron chi connectivity index (χ1n) is 7.54. The zero-order valence-electron chi connectivity index (χ0n) is 14.3. The standard InChI is InChI=1S/C16H14ClIN5O3PS/c1-28-16(21-15(24)9-3-2-4-10(7-9)23(25)26)20-13-6-5-12(22-27-18)11(8-19)14(13)17/h2-8,19,22,27H,1H3,(H,20,21,24). The van der Waals surface area contributed by atoms with Crippen LogP contribution < -0.4 is 10.4 Å². The minimum atomic E-state index is -0.565. The van der Waals surface area contributed by atoms with Crippen molar-refractivity contribution in [1.29, 1.82) is 5.41 Å². The Morgan fingerprint density at radius 2 is 2.18 bits per heavy atom. The minimum absolute atomic E-state index is 0.143. The molecule has 28 heavy (non-hydrogen) atoms. The third kappa shape index (κ3) is 5.63. The van der Waals surface area contributed by atoms with Gasteiger partial charge in [-0.25, -0.2) is 4.99 Å². The Balaban J connectivity index is 2.31. The molecule has 0 fully saturated rings. The van der Waals surface area contributed by atoms with E-state index in [9.17, 15) is 14.9 Å². The molecular formula is C16H14ClIN5O3PS. The smallest absolute Gasteiger partial charge is 0.270 e. The largest absolute Gasteiger partial charge is 0.358 e. The number of aliphatic imine (C=N–C) groups is 1. The quantitative estimate of drug-likeness (QED) is 0.112. The van der Waals surface area contributed by atoms with Crippen LogP contribution in [0, 0.1) is 15.5 Å². The predicted octanol–water partition coefficient (Wildman–Crippen LogP) is 5.38. The number of carbonyl (C=O) groups is 1. The van der Waals surface area contributed by atoms with E-state index in [4.69, 9.17) is 17.0 Å². The number of non-ortho nitro benzene ring substituents is 1. The van der Waals surface area contributed by atoms with Gasteiger partial charge in [0, 0.05) is 41.5 Å². The number of carbonyl (C=O) groups excluding carboxylic acids is 1. The average molecular weight is 550 g/mol. The summed E-state index contributed by atoms with van der Waals surface area (Å²) in [7, 11) is 0. The van der Waals surface area contributed by atoms with Gasteiger partial charge >= 0.3 is 0 Å². The summed E-state index contributed by atoms with van der Waals surface area (Å²) in [4.78, 5) is 27.1. The Kier molecular flexibility index (Phi) is 8.61. The van der Waals surface area contributed by atoms with E-state index in [-0.39, 0.29) is 21.4 Å². The van der Waals surface area contributed by atoms with Crippen molar-refractivity contribution in [1.82, 2.24) is 5.32 Å². The van der Waals surface area contributed by atoms with Crippen molar-refractivity contribution in [2.24, 2.45) is 4.99 Å². The highest BCUT2D eigenvalue weighted by molar-refractivity contribution is 14.2. The highest BCUT2D eigenvalue weighted by atomic mass is 127. The molecule has 1 unspecified atom stereocenters. The minimum Gasteiger partial charge on any atom is -0.358 e. The van der Waals surface area contributed by atoms with Gasteiger partial charge < -0.3 is 15.8 Å². The maximum atomic E-state index is 12.4. The lowest BCUT2D eigenvalue weighted by atomic mass is 10.1. The molecule has 0 aliphatic heterocycles. The molecule has 0 saturated carbocycles. The molecule has 0 aliphatic rings. The van der Waals surface area contributed by atoms with E-state index in [2.05, 4.69) is 37.4 Å². The number of anilines is 1. The molecule has 8 nitrogen and oxygen atoms in total. The molecule has 3 N–H and O–H groups in total. The number of hydrogen-bond acceptors (Lipinski definition) is 7. The molecule has 0 bridgehead atoms. The number of amides is 1. The zero-order valence-corrected chi connectivity index (χ0v) is 19.1. The number of nitrogens with zero attached hydrogens (tertiary/aromatic N) is 2. The topological polar surface area (TPSA) is 120 Å². The summed E-state index contributed by atoms with van der Waals surface area (Å²) in [6, 6.07) is 8.87. The van der Waals surface area contributed by atoms with E-state index in [0.717, 1.165) is 11.9 Å². The number of rotatable bonds is 6. The van der Waals surface area contributed by atoms with E-state index in [1.807, 2.05) is 0 Å². The number of nitro groups is 1. The van der Waals surface area contributed by atoms with Gasteiger partial charge in [-0.1, -0.05) is 29.4 Å². The number of hydrogen-bond donors (Lipinski definition) is 3. The molecule has 0 aliphatic carbocycles. The highest BCUT2D eigenvalue weighted by Gasteiger charge is 2.15. The molecule has 1 amide bonds. The molecular weight excluding hydrogens is 536 g/mol. The zero-order chi connectivity index (χ0) is 20.7. The summed E-state index contributed by atoms with van der Waals surface area (Å²) in [6.45, 7) is 0. The van der Waals surface area contributed by atoms with Crippen LogP contribution in [0.4, 0.5) is 17.1 Å². The van der Waals surface area contributed by atoms with Crippen molar-refractivity contribution in [2.75, 3.05) is 11.3 Å². The summed E-state index contributed by atoms with van der Waals surface area (Å²) >= 11 is 9.73. The molecule has 0 heterocycles. The van der Waals surface area contributed by atoms with Crippen LogP contribution in [0.25, 0.3) is 0 Å². The lowest BCUT2D eigenvalue weighted by Gasteiger charge is -2.11. The number of thioether (sulfide) groups is 1. The molecule has 0 aromatic heterocycles. The summed E-state index contributed by atoms with van der Waals surface area (Å²) in [6.07, 6.45) is 3.28. The fraction of sp³-hybridized carbons (Fsp3) is 0.0625. The first-order valence-corrected chi connectivity index (χ1v) is 13.3. The van der Waals surface area contributed by atoms with Gasteiger partial charge in [0.25, 0.3) is 11.6 Å². The lowest BCUT2D eigenvalue weighted by Crippen LogP contribution is -2.28. The molecule has 0 saturated heterocycles. The average Bonchev–Trinajstić information content (AvgIpc) is 2.69. The number of amidine groups is 1. The van der Waals surface area contributed by atoms with Gasteiger partial charge in [-0.3, -0.25) is 14.9 Å². The van der Waals surface area contributed by atoms with Crippen molar-refractivity contribution in [2.45, 2.75) is 0 Å². The monoisotopic (exact) mass is 549 g/mol. The lowest BCUT2D eigenvalue weighted by molar-refractivity contribution is -0.384. The van der Waals surface area contributed by atoms with Gasteiger partial charge in [-0.05, 0) is 46.5 Å². The Bertz CT molecular complexity index is 960. The number of nitro benzene ring substituents is 1. The van der Waals surface area contributed by atoms with Crippen molar-refractivity contribution >= 4 is 86.1 Å². The number of halogens is 2. The first-order chi connectivity index (χ1) is 13.4. The number of benzene rings is 2. The van der Waals surface area contributed by atoms with Gasteiger partial charge in [0.2, 0.25) is 0 Å². The maximum Gasteiger partial charge on any atom is 0.270 e. The normalized spacial score (nSPS) is 11.5. The number of nitrogens with one attached hydrogen (secondary N) is 3. The molecule has 1 atom stereocenters. The predicted molar refractivity (Wildman–Crippen MR) is 126 cm³/mol. The third-order valence-corrected chi connectivity index (χ3v) is 5.59. The van der Waals surface area contributed by atoms with Gasteiger partial charge in [-0.2, -0.15) is 0 Å². The molecule has 0 spiro atoms. The fourth-order valence-corrected chi connectivity index (χ4v) is 3.97. The molecule has 12 heteroatoms. The summed E-state index contributed by atoms with van der Waals surface area (Å²) in [5.74, 6) is -0.524. The highest BCUT2D eigenvalue weighted by Crippen LogP contribution is 2.36. The van der Waals surface area contributed by atoms with Crippen LogP contribution in [0.1, 0.15) is 15.9 Å². The van der Waals surface area contributed by atoms with Gasteiger partial charge in [0.1, 0.15) is 0 Å². The van der Waals surface area contributed by atoms with Crippen LogP contribution in [0.3, 0.4) is 0 Å². The molecule has 2 aromatic carbocycles. The molecule has 2 rings (SSSR count). The van der Waals surface area contributed by atoms with Gasteiger partial charge in [0.05, 0.1) is 15.6 Å². The SMILES string of the molecule is CS/C(=N/c1ccc(NPI)c(C=N)c1Cl)NC(=O)c1cccc([N+](=O)[O-])c1. The first kappa shape index (κ1) is 22.5. The van der Waals surface area contributed by atoms with Crippen molar-refractivity contribution in [3.05, 3.63) is 62.7 Å². The van der Waals surface area contributed by atoms with E-state index >= 15 is 0 Å². The molecule has 146 valence electrons. The molecule has 0 radical (unpaired) electrons. The Labute approximate surface area is 184 Å².